The third-order valence-corrected chi connectivity index (χ3v) is 5.52. The number of carbonyl (C=O) groups excluding carboxylic acids is 1. The summed E-state index contributed by atoms with van der Waals surface area (Å²) in [6.07, 6.45) is 12.7. The van der Waals surface area contributed by atoms with E-state index in [1.807, 2.05) is 48.7 Å². The van der Waals surface area contributed by atoms with E-state index in [0.717, 1.165) is 22.5 Å². The summed E-state index contributed by atoms with van der Waals surface area (Å²) in [7, 11) is 0. The second-order valence-electron chi connectivity index (χ2n) is 6.82. The highest BCUT2D eigenvalue weighted by Crippen LogP contribution is 2.44. The minimum absolute atomic E-state index is 0.184. The van der Waals surface area contributed by atoms with Crippen molar-refractivity contribution in [3.63, 3.8) is 0 Å². The van der Waals surface area contributed by atoms with Gasteiger partial charge in [0, 0.05) is 46.5 Å². The van der Waals surface area contributed by atoms with Gasteiger partial charge in [0.15, 0.2) is 0 Å². The standard InChI is InChI=1S/C21H17N5O3S/c27-21-17(14-11-24-20-18(14)16(8-10-23-20)26-30(28)29)13-6-4-5-12(19(13)25-21)15-7-2-1-3-9-22-15/h1-11,17,22H,(H,25,27)(H,28,29)(H2,23,24,26)/p-1. The van der Waals surface area contributed by atoms with Crippen molar-refractivity contribution in [3.8, 4) is 0 Å². The molecule has 5 rings (SSSR count). The molecule has 2 aromatic heterocycles. The van der Waals surface area contributed by atoms with Crippen LogP contribution in [0.4, 0.5) is 11.4 Å². The quantitative estimate of drug-likeness (QED) is 0.486. The van der Waals surface area contributed by atoms with Gasteiger partial charge in [0.05, 0.1) is 17.3 Å². The monoisotopic (exact) mass is 418 g/mol. The van der Waals surface area contributed by atoms with Crippen LogP contribution in [0.2, 0.25) is 0 Å². The number of H-pyrrole nitrogens is 1. The Morgan fingerprint density at radius 1 is 1.13 bits per heavy atom. The number of rotatable bonds is 4. The lowest BCUT2D eigenvalue weighted by Gasteiger charge is -2.14. The lowest BCUT2D eigenvalue weighted by molar-refractivity contribution is -0.116. The molecule has 2 aliphatic heterocycles. The van der Waals surface area contributed by atoms with Gasteiger partial charge in [0.1, 0.15) is 5.65 Å². The number of allylic oxidation sites excluding steroid dienone is 4. The Bertz CT molecular complexity index is 1290. The van der Waals surface area contributed by atoms with E-state index in [0.29, 0.717) is 22.3 Å². The van der Waals surface area contributed by atoms with Crippen LogP contribution in [0, 0.1) is 0 Å². The van der Waals surface area contributed by atoms with Crippen molar-refractivity contribution in [2.75, 3.05) is 10.0 Å². The van der Waals surface area contributed by atoms with E-state index in [-0.39, 0.29) is 5.91 Å². The van der Waals surface area contributed by atoms with Crippen LogP contribution in [0.3, 0.4) is 0 Å². The molecule has 1 amide bonds. The summed E-state index contributed by atoms with van der Waals surface area (Å²) in [6, 6.07) is 7.32. The van der Waals surface area contributed by atoms with Crippen LogP contribution < -0.4 is 15.4 Å². The second kappa shape index (κ2) is 7.29. The lowest BCUT2D eigenvalue weighted by Crippen LogP contribution is -2.13. The minimum atomic E-state index is -2.50. The Labute approximate surface area is 174 Å². The number of nitrogens with zero attached hydrogens (tertiary/aromatic N) is 1. The van der Waals surface area contributed by atoms with Crippen molar-refractivity contribution in [3.05, 3.63) is 83.9 Å². The van der Waals surface area contributed by atoms with Gasteiger partial charge >= 0.3 is 0 Å². The average molecular weight is 418 g/mol. The number of amides is 1. The van der Waals surface area contributed by atoms with E-state index in [2.05, 4.69) is 25.3 Å². The highest BCUT2D eigenvalue weighted by atomic mass is 32.2. The molecule has 2 atom stereocenters. The van der Waals surface area contributed by atoms with Gasteiger partial charge < -0.3 is 24.9 Å². The van der Waals surface area contributed by atoms with Crippen molar-refractivity contribution in [2.24, 2.45) is 0 Å². The first-order valence-corrected chi connectivity index (χ1v) is 10.3. The van der Waals surface area contributed by atoms with Crippen molar-refractivity contribution < 1.29 is 13.6 Å². The van der Waals surface area contributed by atoms with Gasteiger partial charge in [-0.15, -0.1) is 0 Å². The number of nitrogens with one attached hydrogen (secondary N) is 4. The zero-order chi connectivity index (χ0) is 20.7. The molecule has 0 bridgehead atoms. The Hall–Kier alpha value is -3.69. The van der Waals surface area contributed by atoms with Crippen LogP contribution in [0.1, 0.15) is 22.6 Å². The molecule has 2 aliphatic rings. The second-order valence-corrected chi connectivity index (χ2v) is 7.50. The maximum Gasteiger partial charge on any atom is 0.236 e. The van der Waals surface area contributed by atoms with Crippen LogP contribution >= 0.6 is 0 Å². The first-order chi connectivity index (χ1) is 14.6. The average Bonchev–Trinajstić information content (AvgIpc) is 3.16. The summed E-state index contributed by atoms with van der Waals surface area (Å²) in [5, 5.41) is 6.79. The number of fused-ring (bicyclic) bond motifs is 2. The fraction of sp³-hybridized carbons (Fsp3) is 0.0476. The molecule has 150 valence electrons. The van der Waals surface area contributed by atoms with Crippen LogP contribution in [0.5, 0.6) is 0 Å². The van der Waals surface area contributed by atoms with Gasteiger partial charge in [-0.1, -0.05) is 30.4 Å². The van der Waals surface area contributed by atoms with Crippen LogP contribution in [0.25, 0.3) is 16.7 Å². The molecule has 0 saturated carbocycles. The third-order valence-electron chi connectivity index (χ3n) is 5.14. The summed E-state index contributed by atoms with van der Waals surface area (Å²) < 4.78 is 24.9. The number of anilines is 2. The third kappa shape index (κ3) is 3.00. The Kier molecular flexibility index (Phi) is 4.46. The molecule has 4 N–H and O–H groups in total. The molecule has 0 spiro atoms. The highest BCUT2D eigenvalue weighted by molar-refractivity contribution is 7.80. The predicted octanol–water partition coefficient (Wildman–Crippen LogP) is 2.87. The van der Waals surface area contributed by atoms with E-state index in [1.54, 1.807) is 12.3 Å². The number of aromatic amines is 1. The number of carbonyl (C=O) groups is 1. The van der Waals surface area contributed by atoms with Gasteiger partial charge in [-0.05, 0) is 29.3 Å². The number of para-hydroxylation sites is 1. The molecular weight excluding hydrogens is 402 g/mol. The van der Waals surface area contributed by atoms with E-state index in [4.69, 9.17) is 0 Å². The number of hydrogen-bond donors (Lipinski definition) is 4. The molecule has 0 fully saturated rings. The molecule has 1 aromatic carbocycles. The fourth-order valence-corrected chi connectivity index (χ4v) is 4.28. The Morgan fingerprint density at radius 2 is 2.03 bits per heavy atom. The van der Waals surface area contributed by atoms with Gasteiger partial charge in [-0.25, -0.2) is 4.98 Å². The van der Waals surface area contributed by atoms with E-state index in [1.165, 1.54) is 6.20 Å². The molecule has 0 aliphatic carbocycles. The van der Waals surface area contributed by atoms with Crippen LogP contribution in [0.15, 0.2) is 67.2 Å². The summed E-state index contributed by atoms with van der Waals surface area (Å²) in [5.74, 6) is -0.785. The first-order valence-electron chi connectivity index (χ1n) is 9.19. The SMILES string of the molecule is O=C1Nc2c(C3=CC=CC=CN3)cccc2C1c1c[nH]c2nccc(NS(=O)[O-])c12. The van der Waals surface area contributed by atoms with Crippen molar-refractivity contribution in [1.29, 1.82) is 0 Å². The highest BCUT2D eigenvalue weighted by Gasteiger charge is 2.36. The van der Waals surface area contributed by atoms with Gasteiger partial charge in [-0.3, -0.25) is 9.00 Å². The molecule has 30 heavy (non-hydrogen) atoms. The molecule has 0 saturated heterocycles. The van der Waals surface area contributed by atoms with Gasteiger partial charge in [0.25, 0.3) is 0 Å². The summed E-state index contributed by atoms with van der Waals surface area (Å²) in [6.45, 7) is 0. The largest absolute Gasteiger partial charge is 0.755 e. The molecule has 8 nitrogen and oxygen atoms in total. The zero-order valence-corrected chi connectivity index (χ0v) is 16.3. The normalized spacial score (nSPS) is 18.4. The summed E-state index contributed by atoms with van der Waals surface area (Å²) in [5.41, 5.74) is 4.80. The maximum atomic E-state index is 13.1. The molecule has 0 radical (unpaired) electrons. The Balaban J connectivity index is 1.66. The Morgan fingerprint density at radius 3 is 2.90 bits per heavy atom. The molecular formula is C21H16N5O3S-. The van der Waals surface area contributed by atoms with Crippen molar-refractivity contribution in [1.82, 2.24) is 15.3 Å². The number of hydrogen-bond acceptors (Lipinski definition) is 5. The number of aromatic nitrogens is 2. The maximum absolute atomic E-state index is 13.1. The van der Waals surface area contributed by atoms with E-state index in [9.17, 15) is 13.6 Å². The molecule has 3 aromatic rings. The number of pyridine rings is 1. The van der Waals surface area contributed by atoms with E-state index < -0.39 is 17.2 Å². The molecule has 2 unspecified atom stereocenters. The van der Waals surface area contributed by atoms with Gasteiger partial charge in [-0.2, -0.15) is 0 Å². The number of benzene rings is 1. The van der Waals surface area contributed by atoms with Crippen LogP contribution in [-0.2, 0) is 16.1 Å². The van der Waals surface area contributed by atoms with Crippen LogP contribution in [-0.4, -0.2) is 24.6 Å². The lowest BCUT2D eigenvalue weighted by atomic mass is 9.91. The molecule has 9 heteroatoms. The smallest absolute Gasteiger partial charge is 0.236 e. The van der Waals surface area contributed by atoms with E-state index >= 15 is 0 Å². The predicted molar refractivity (Wildman–Crippen MR) is 115 cm³/mol. The van der Waals surface area contributed by atoms with Crippen molar-refractivity contribution in [2.45, 2.75) is 5.92 Å². The fourth-order valence-electron chi connectivity index (χ4n) is 3.93. The first kappa shape index (κ1) is 18.3. The molecule has 4 heterocycles. The minimum Gasteiger partial charge on any atom is -0.755 e. The summed E-state index contributed by atoms with van der Waals surface area (Å²) in [4.78, 5) is 20.4. The zero-order valence-electron chi connectivity index (χ0n) is 15.5. The topological polar surface area (TPSA) is 122 Å². The van der Waals surface area contributed by atoms with Gasteiger partial charge in [0.2, 0.25) is 5.91 Å². The summed E-state index contributed by atoms with van der Waals surface area (Å²) >= 11 is -2.50. The van der Waals surface area contributed by atoms with Crippen molar-refractivity contribution >= 4 is 45.3 Å².